The van der Waals surface area contributed by atoms with Gasteiger partial charge in [0.15, 0.2) is 0 Å². The third kappa shape index (κ3) is 2.93. The predicted octanol–water partition coefficient (Wildman–Crippen LogP) is 1.85. The van der Waals surface area contributed by atoms with Gasteiger partial charge in [-0.2, -0.15) is 0 Å². The Bertz CT molecular complexity index is 375. The van der Waals surface area contributed by atoms with Crippen LogP contribution in [0.25, 0.3) is 0 Å². The van der Waals surface area contributed by atoms with Crippen molar-refractivity contribution < 1.29 is 0 Å². The molecule has 0 aliphatic carbocycles. The molecule has 2 rings (SSSR count). The topological polar surface area (TPSA) is 57.9 Å². The van der Waals surface area contributed by atoms with Gasteiger partial charge in [-0.05, 0) is 45.9 Å². The first-order valence-corrected chi connectivity index (χ1v) is 6.97. The van der Waals surface area contributed by atoms with Gasteiger partial charge < -0.3 is 15.6 Å². The second-order valence-corrected chi connectivity index (χ2v) is 6.19. The molecule has 0 bridgehead atoms. The Labute approximate surface area is 110 Å². The van der Waals surface area contributed by atoms with Crippen LogP contribution in [-0.2, 0) is 5.41 Å². The molecule has 0 spiro atoms. The number of H-pyrrole nitrogens is 1. The molecule has 1 fully saturated rings. The molecular weight excluding hydrogens is 224 g/mol. The molecule has 2 heterocycles. The van der Waals surface area contributed by atoms with E-state index in [9.17, 15) is 0 Å². The molecule has 1 aliphatic heterocycles. The van der Waals surface area contributed by atoms with Crippen molar-refractivity contribution in [3.05, 3.63) is 17.7 Å². The fraction of sp³-hybridized carbons (Fsp3) is 0.786. The van der Waals surface area contributed by atoms with Gasteiger partial charge in [0.2, 0.25) is 0 Å². The largest absolute Gasteiger partial charge is 0.345 e. The van der Waals surface area contributed by atoms with Gasteiger partial charge >= 0.3 is 0 Å². The van der Waals surface area contributed by atoms with E-state index < -0.39 is 0 Å². The molecule has 0 saturated carbocycles. The van der Waals surface area contributed by atoms with Crippen LogP contribution in [0.5, 0.6) is 0 Å². The lowest BCUT2D eigenvalue weighted by Crippen LogP contribution is -2.29. The number of hydrogen-bond acceptors (Lipinski definition) is 3. The van der Waals surface area contributed by atoms with Crippen molar-refractivity contribution in [2.24, 2.45) is 5.73 Å². The Hall–Kier alpha value is -0.870. The molecule has 1 aliphatic rings. The van der Waals surface area contributed by atoms with E-state index >= 15 is 0 Å². The zero-order valence-corrected chi connectivity index (χ0v) is 11.9. The van der Waals surface area contributed by atoms with Gasteiger partial charge in [0.05, 0.1) is 0 Å². The minimum atomic E-state index is 0.0540. The van der Waals surface area contributed by atoms with Crippen LogP contribution in [0, 0.1) is 0 Å². The summed E-state index contributed by atoms with van der Waals surface area (Å²) in [4.78, 5) is 10.5. The van der Waals surface area contributed by atoms with E-state index in [1.165, 1.54) is 31.6 Å². The van der Waals surface area contributed by atoms with Gasteiger partial charge in [0.25, 0.3) is 0 Å². The van der Waals surface area contributed by atoms with Crippen LogP contribution in [0.4, 0.5) is 0 Å². The number of nitrogens with one attached hydrogen (secondary N) is 1. The van der Waals surface area contributed by atoms with E-state index in [2.05, 4.69) is 35.8 Å². The van der Waals surface area contributed by atoms with Crippen molar-refractivity contribution in [3.63, 3.8) is 0 Å². The van der Waals surface area contributed by atoms with Crippen LogP contribution < -0.4 is 5.73 Å². The average Bonchev–Trinajstić information content (AvgIpc) is 2.80. The zero-order chi connectivity index (χ0) is 13.2. The van der Waals surface area contributed by atoms with Crippen molar-refractivity contribution in [3.8, 4) is 0 Å². The summed E-state index contributed by atoms with van der Waals surface area (Å²) in [5, 5.41) is 0. The fourth-order valence-corrected chi connectivity index (χ4v) is 2.69. The summed E-state index contributed by atoms with van der Waals surface area (Å²) in [7, 11) is 2.19. The molecule has 0 radical (unpaired) electrons. The summed E-state index contributed by atoms with van der Waals surface area (Å²) >= 11 is 0. The SMILES string of the molecule is CN1CCC(c2cnc(C(C)(C)CCN)[nH]2)CC1. The van der Waals surface area contributed by atoms with Crippen LogP contribution in [0.1, 0.15) is 50.5 Å². The second-order valence-electron chi connectivity index (χ2n) is 6.19. The highest BCUT2D eigenvalue weighted by Gasteiger charge is 2.25. The Morgan fingerprint density at radius 3 is 2.72 bits per heavy atom. The predicted molar refractivity (Wildman–Crippen MR) is 74.8 cm³/mol. The lowest BCUT2D eigenvalue weighted by molar-refractivity contribution is 0.253. The van der Waals surface area contributed by atoms with Crippen molar-refractivity contribution in [1.82, 2.24) is 14.9 Å². The molecule has 1 aromatic rings. The first kappa shape index (κ1) is 13.6. The normalized spacial score (nSPS) is 19.3. The molecule has 1 saturated heterocycles. The summed E-state index contributed by atoms with van der Waals surface area (Å²) in [5.74, 6) is 1.73. The minimum absolute atomic E-state index is 0.0540. The second kappa shape index (κ2) is 5.41. The molecular formula is C14H26N4. The Morgan fingerprint density at radius 1 is 1.44 bits per heavy atom. The first-order chi connectivity index (χ1) is 8.53. The van der Waals surface area contributed by atoms with Gasteiger partial charge in [-0.3, -0.25) is 0 Å². The molecule has 1 aromatic heterocycles. The Morgan fingerprint density at radius 2 is 2.11 bits per heavy atom. The Kier molecular flexibility index (Phi) is 4.07. The van der Waals surface area contributed by atoms with Crippen LogP contribution in [0.2, 0.25) is 0 Å². The van der Waals surface area contributed by atoms with Crippen molar-refractivity contribution >= 4 is 0 Å². The maximum absolute atomic E-state index is 5.67. The van der Waals surface area contributed by atoms with Crippen LogP contribution in [0.15, 0.2) is 6.20 Å². The van der Waals surface area contributed by atoms with Crippen molar-refractivity contribution in [2.45, 2.75) is 44.4 Å². The number of nitrogens with zero attached hydrogens (tertiary/aromatic N) is 2. The van der Waals surface area contributed by atoms with Crippen LogP contribution in [0.3, 0.4) is 0 Å². The summed E-state index contributed by atoms with van der Waals surface area (Å²) in [6, 6.07) is 0. The average molecular weight is 250 g/mol. The van der Waals surface area contributed by atoms with Crippen molar-refractivity contribution in [1.29, 1.82) is 0 Å². The quantitative estimate of drug-likeness (QED) is 0.857. The van der Waals surface area contributed by atoms with Gasteiger partial charge in [0.1, 0.15) is 5.82 Å². The van der Waals surface area contributed by atoms with E-state index in [4.69, 9.17) is 5.73 Å². The number of imidazole rings is 1. The molecule has 3 N–H and O–H groups in total. The first-order valence-electron chi connectivity index (χ1n) is 6.97. The smallest absolute Gasteiger partial charge is 0.111 e. The highest BCUT2D eigenvalue weighted by atomic mass is 15.1. The lowest BCUT2D eigenvalue weighted by Gasteiger charge is -2.28. The van der Waals surface area contributed by atoms with Gasteiger partial charge in [-0.1, -0.05) is 13.8 Å². The minimum Gasteiger partial charge on any atom is -0.345 e. The standard InChI is InChI=1S/C14H26N4/c1-14(2,6-7-15)13-16-10-12(17-13)11-4-8-18(3)9-5-11/h10-11H,4-9,15H2,1-3H3,(H,16,17). The molecule has 4 heteroatoms. The number of rotatable bonds is 4. The summed E-state index contributed by atoms with van der Waals surface area (Å²) in [5.41, 5.74) is 7.03. The molecule has 0 amide bonds. The Balaban J connectivity index is 2.06. The molecule has 102 valence electrons. The third-order valence-corrected chi connectivity index (χ3v) is 4.16. The number of piperidine rings is 1. The molecule has 0 aromatic carbocycles. The number of nitrogens with two attached hydrogens (primary N) is 1. The van der Waals surface area contributed by atoms with Crippen LogP contribution in [-0.4, -0.2) is 41.5 Å². The summed E-state index contributed by atoms with van der Waals surface area (Å²) < 4.78 is 0. The number of likely N-dealkylation sites (tertiary alicyclic amines) is 1. The maximum Gasteiger partial charge on any atom is 0.111 e. The zero-order valence-electron chi connectivity index (χ0n) is 11.9. The number of hydrogen-bond donors (Lipinski definition) is 2. The molecule has 0 atom stereocenters. The third-order valence-electron chi connectivity index (χ3n) is 4.16. The van der Waals surface area contributed by atoms with E-state index in [1.54, 1.807) is 0 Å². The van der Waals surface area contributed by atoms with E-state index in [0.717, 1.165) is 12.2 Å². The molecule has 4 nitrogen and oxygen atoms in total. The van der Waals surface area contributed by atoms with Crippen LogP contribution >= 0.6 is 0 Å². The highest BCUT2D eigenvalue weighted by Crippen LogP contribution is 2.29. The maximum atomic E-state index is 5.67. The lowest BCUT2D eigenvalue weighted by atomic mass is 9.88. The van der Waals surface area contributed by atoms with Crippen molar-refractivity contribution in [2.75, 3.05) is 26.7 Å². The highest BCUT2D eigenvalue weighted by molar-refractivity contribution is 5.14. The number of aromatic nitrogens is 2. The summed E-state index contributed by atoms with van der Waals surface area (Å²) in [6.07, 6.45) is 5.46. The van der Waals surface area contributed by atoms with E-state index in [1.807, 2.05) is 6.20 Å². The monoisotopic (exact) mass is 250 g/mol. The molecule has 18 heavy (non-hydrogen) atoms. The van der Waals surface area contributed by atoms with E-state index in [0.29, 0.717) is 12.5 Å². The van der Waals surface area contributed by atoms with Gasteiger partial charge in [-0.15, -0.1) is 0 Å². The molecule has 0 unspecified atom stereocenters. The summed E-state index contributed by atoms with van der Waals surface area (Å²) in [6.45, 7) is 7.49. The number of aromatic amines is 1. The van der Waals surface area contributed by atoms with Gasteiger partial charge in [0, 0.05) is 23.2 Å². The fourth-order valence-electron chi connectivity index (χ4n) is 2.69. The van der Waals surface area contributed by atoms with Gasteiger partial charge in [-0.25, -0.2) is 4.98 Å². The van der Waals surface area contributed by atoms with E-state index in [-0.39, 0.29) is 5.41 Å².